The van der Waals surface area contributed by atoms with E-state index in [1.807, 2.05) is 32.0 Å². The lowest BCUT2D eigenvalue weighted by molar-refractivity contribution is 0.136. The van der Waals surface area contributed by atoms with E-state index in [0.29, 0.717) is 18.2 Å². The number of ether oxygens (including phenoxy) is 1. The minimum absolute atomic E-state index is 0.258. The summed E-state index contributed by atoms with van der Waals surface area (Å²) in [4.78, 5) is 2.23. The van der Waals surface area contributed by atoms with Crippen molar-refractivity contribution in [1.29, 1.82) is 0 Å². The third kappa shape index (κ3) is 2.53. The van der Waals surface area contributed by atoms with E-state index in [9.17, 15) is 5.11 Å². The van der Waals surface area contributed by atoms with Crippen LogP contribution in [0.15, 0.2) is 18.2 Å². The lowest BCUT2D eigenvalue weighted by Gasteiger charge is -2.22. The van der Waals surface area contributed by atoms with Crippen LogP contribution >= 0.6 is 0 Å². The van der Waals surface area contributed by atoms with Crippen molar-refractivity contribution in [1.82, 2.24) is 0 Å². The maximum atomic E-state index is 9.64. The van der Waals surface area contributed by atoms with Crippen LogP contribution in [0.3, 0.4) is 0 Å². The first-order valence-electron chi connectivity index (χ1n) is 6.57. The number of aliphatic hydroxyl groups excluding tert-OH is 1. The lowest BCUT2D eigenvalue weighted by Crippen LogP contribution is -2.24. The fourth-order valence-corrected chi connectivity index (χ4v) is 2.49. The van der Waals surface area contributed by atoms with Gasteiger partial charge in [-0.15, -0.1) is 0 Å². The van der Waals surface area contributed by atoms with Crippen molar-refractivity contribution >= 4 is 11.4 Å². The van der Waals surface area contributed by atoms with Gasteiger partial charge >= 0.3 is 0 Å². The lowest BCUT2D eigenvalue weighted by atomic mass is 10.0. The van der Waals surface area contributed by atoms with Gasteiger partial charge in [0.1, 0.15) is 5.75 Å². The monoisotopic (exact) mass is 250 g/mol. The van der Waals surface area contributed by atoms with Crippen LogP contribution in [-0.2, 0) is 0 Å². The molecule has 1 aliphatic heterocycles. The number of benzene rings is 1. The van der Waals surface area contributed by atoms with E-state index in [-0.39, 0.29) is 6.10 Å². The number of rotatable bonds is 4. The Balaban J connectivity index is 2.17. The van der Waals surface area contributed by atoms with Crippen LogP contribution in [0, 0.1) is 5.92 Å². The zero-order valence-corrected chi connectivity index (χ0v) is 11.1. The van der Waals surface area contributed by atoms with Crippen LogP contribution < -0.4 is 15.4 Å². The Morgan fingerprint density at radius 3 is 2.94 bits per heavy atom. The molecule has 0 radical (unpaired) electrons. The third-order valence-corrected chi connectivity index (χ3v) is 3.59. The quantitative estimate of drug-likeness (QED) is 0.801. The number of anilines is 2. The van der Waals surface area contributed by atoms with Gasteiger partial charge < -0.3 is 20.5 Å². The summed E-state index contributed by atoms with van der Waals surface area (Å²) in [5, 5.41) is 9.64. The van der Waals surface area contributed by atoms with Gasteiger partial charge in [-0.05, 0) is 32.4 Å². The van der Waals surface area contributed by atoms with E-state index in [1.54, 1.807) is 0 Å². The van der Waals surface area contributed by atoms with Gasteiger partial charge in [0.15, 0.2) is 0 Å². The normalized spacial score (nSPS) is 21.1. The average Bonchev–Trinajstić information content (AvgIpc) is 2.81. The van der Waals surface area contributed by atoms with Crippen molar-refractivity contribution in [2.75, 3.05) is 30.3 Å². The van der Waals surface area contributed by atoms with Gasteiger partial charge in [0.05, 0.1) is 24.1 Å². The molecule has 1 fully saturated rings. The fraction of sp³-hybridized carbons (Fsp3) is 0.571. The van der Waals surface area contributed by atoms with Crippen LogP contribution in [0.1, 0.15) is 20.3 Å². The van der Waals surface area contributed by atoms with Crippen LogP contribution in [0.2, 0.25) is 0 Å². The molecule has 2 rings (SSSR count). The van der Waals surface area contributed by atoms with Crippen molar-refractivity contribution in [2.24, 2.45) is 5.92 Å². The Morgan fingerprint density at radius 2 is 2.33 bits per heavy atom. The second-order valence-corrected chi connectivity index (χ2v) is 4.86. The second kappa shape index (κ2) is 5.48. The van der Waals surface area contributed by atoms with Gasteiger partial charge in [-0.1, -0.05) is 6.07 Å². The first kappa shape index (κ1) is 13.0. The predicted molar refractivity (Wildman–Crippen MR) is 74.0 cm³/mol. The van der Waals surface area contributed by atoms with Crippen LogP contribution in [0.5, 0.6) is 5.75 Å². The predicted octanol–water partition coefficient (Wildman–Crippen LogP) is 1.87. The van der Waals surface area contributed by atoms with E-state index in [0.717, 1.165) is 30.9 Å². The molecular weight excluding hydrogens is 228 g/mol. The molecule has 100 valence electrons. The van der Waals surface area contributed by atoms with Gasteiger partial charge in [-0.25, -0.2) is 0 Å². The molecule has 1 aromatic rings. The summed E-state index contributed by atoms with van der Waals surface area (Å²) in [6.45, 7) is 6.22. The van der Waals surface area contributed by atoms with Gasteiger partial charge in [0.25, 0.3) is 0 Å². The Morgan fingerprint density at radius 1 is 1.56 bits per heavy atom. The number of nitrogens with zero attached hydrogens (tertiary/aromatic N) is 1. The van der Waals surface area contributed by atoms with Gasteiger partial charge in [0, 0.05) is 19.0 Å². The molecule has 1 saturated heterocycles. The second-order valence-electron chi connectivity index (χ2n) is 4.86. The minimum Gasteiger partial charge on any atom is -0.492 e. The molecule has 1 heterocycles. The molecule has 0 saturated carbocycles. The average molecular weight is 250 g/mol. The Labute approximate surface area is 108 Å². The number of hydrogen-bond donors (Lipinski definition) is 2. The van der Waals surface area contributed by atoms with E-state index < -0.39 is 0 Å². The Kier molecular flexibility index (Phi) is 3.97. The zero-order valence-electron chi connectivity index (χ0n) is 11.1. The summed E-state index contributed by atoms with van der Waals surface area (Å²) < 4.78 is 5.51. The summed E-state index contributed by atoms with van der Waals surface area (Å²) >= 11 is 0. The topological polar surface area (TPSA) is 58.7 Å². The minimum atomic E-state index is -0.258. The highest BCUT2D eigenvalue weighted by atomic mass is 16.5. The maximum Gasteiger partial charge on any atom is 0.144 e. The van der Waals surface area contributed by atoms with E-state index in [4.69, 9.17) is 10.5 Å². The summed E-state index contributed by atoms with van der Waals surface area (Å²) in [6.07, 6.45) is 0.752. The number of aliphatic hydroxyl groups is 1. The van der Waals surface area contributed by atoms with Crippen molar-refractivity contribution in [3.63, 3.8) is 0 Å². The highest BCUT2D eigenvalue weighted by molar-refractivity contribution is 5.74. The van der Waals surface area contributed by atoms with E-state index >= 15 is 0 Å². The van der Waals surface area contributed by atoms with Crippen LogP contribution in [0.25, 0.3) is 0 Å². The number of nitrogens with two attached hydrogens (primary N) is 1. The largest absolute Gasteiger partial charge is 0.492 e. The number of hydrogen-bond acceptors (Lipinski definition) is 4. The third-order valence-electron chi connectivity index (χ3n) is 3.59. The molecule has 1 aliphatic rings. The van der Waals surface area contributed by atoms with Crippen molar-refractivity contribution in [3.05, 3.63) is 18.2 Å². The molecule has 0 aromatic heterocycles. The molecule has 1 aromatic carbocycles. The van der Waals surface area contributed by atoms with E-state index in [2.05, 4.69) is 4.90 Å². The molecular formula is C14H22N2O2. The van der Waals surface area contributed by atoms with Crippen LogP contribution in [0.4, 0.5) is 11.4 Å². The molecule has 0 spiro atoms. The fourth-order valence-electron chi connectivity index (χ4n) is 2.49. The first-order valence-corrected chi connectivity index (χ1v) is 6.57. The molecule has 0 bridgehead atoms. The Hall–Kier alpha value is -1.42. The van der Waals surface area contributed by atoms with Crippen LogP contribution in [-0.4, -0.2) is 30.9 Å². The van der Waals surface area contributed by atoms with Gasteiger partial charge in [-0.2, -0.15) is 0 Å². The van der Waals surface area contributed by atoms with Crippen molar-refractivity contribution < 1.29 is 9.84 Å². The molecule has 18 heavy (non-hydrogen) atoms. The molecule has 4 heteroatoms. The maximum absolute atomic E-state index is 9.64. The summed E-state index contributed by atoms with van der Waals surface area (Å²) in [5.74, 6) is 1.08. The Bertz CT molecular complexity index is 407. The molecule has 3 N–H and O–H groups in total. The number of para-hydroxylation sites is 1. The summed E-state index contributed by atoms with van der Waals surface area (Å²) in [7, 11) is 0. The van der Waals surface area contributed by atoms with Crippen molar-refractivity contribution in [3.8, 4) is 5.75 Å². The molecule has 0 aliphatic carbocycles. The molecule has 4 nitrogen and oxygen atoms in total. The standard InChI is InChI=1S/C14H22N2O2/c1-3-18-13-6-4-5-12(14(13)15)16-8-7-11(9-16)10(2)17/h4-6,10-11,17H,3,7-9,15H2,1-2H3. The van der Waals surface area contributed by atoms with E-state index in [1.165, 1.54) is 0 Å². The summed E-state index contributed by atoms with van der Waals surface area (Å²) in [5.41, 5.74) is 7.86. The highest BCUT2D eigenvalue weighted by Gasteiger charge is 2.27. The SMILES string of the molecule is CCOc1cccc(N2CCC(C(C)O)C2)c1N. The highest BCUT2D eigenvalue weighted by Crippen LogP contribution is 2.35. The molecule has 0 amide bonds. The molecule has 2 unspecified atom stereocenters. The molecule has 2 atom stereocenters. The van der Waals surface area contributed by atoms with Crippen molar-refractivity contribution in [2.45, 2.75) is 26.4 Å². The van der Waals surface area contributed by atoms with Gasteiger partial charge in [0.2, 0.25) is 0 Å². The first-order chi connectivity index (χ1) is 8.63. The smallest absolute Gasteiger partial charge is 0.144 e. The summed E-state index contributed by atoms with van der Waals surface area (Å²) in [6, 6.07) is 5.87. The zero-order chi connectivity index (χ0) is 13.1. The van der Waals surface area contributed by atoms with Gasteiger partial charge in [-0.3, -0.25) is 0 Å². The number of nitrogen functional groups attached to an aromatic ring is 1.